The van der Waals surface area contributed by atoms with Crippen LogP contribution in [0.2, 0.25) is 0 Å². The molecule has 0 saturated heterocycles. The first-order valence-electron chi connectivity index (χ1n) is 6.78. The van der Waals surface area contributed by atoms with E-state index in [2.05, 4.69) is 32.3 Å². The smallest absolute Gasteiger partial charge is 0.358 e. The average molecular weight is 367 g/mol. The molecule has 118 valence electrons. The van der Waals surface area contributed by atoms with E-state index in [1.807, 2.05) is 19.9 Å². The van der Waals surface area contributed by atoms with Gasteiger partial charge in [0.05, 0.1) is 12.8 Å². The normalized spacial score (nSPS) is 12.2. The van der Waals surface area contributed by atoms with E-state index >= 15 is 0 Å². The Morgan fingerprint density at radius 3 is 2.73 bits per heavy atom. The van der Waals surface area contributed by atoms with Crippen LogP contribution < -0.4 is 5.56 Å². The summed E-state index contributed by atoms with van der Waals surface area (Å²) in [6.45, 7) is 7.80. The van der Waals surface area contributed by atoms with Gasteiger partial charge in [0.15, 0.2) is 5.69 Å². The number of carbonyl (C=O) groups excluding carboxylic acids is 1. The number of ether oxygens (including phenoxy) is 1. The van der Waals surface area contributed by atoms with Crippen molar-refractivity contribution in [1.82, 2.24) is 9.78 Å². The van der Waals surface area contributed by atoms with Crippen molar-refractivity contribution in [2.45, 2.75) is 26.7 Å². The molecule has 0 fully saturated rings. The van der Waals surface area contributed by atoms with Crippen molar-refractivity contribution in [3.8, 4) is 0 Å². The third-order valence-electron chi connectivity index (χ3n) is 2.89. The Morgan fingerprint density at radius 2 is 2.18 bits per heavy atom. The fraction of sp³-hybridized carbons (Fsp3) is 0.312. The van der Waals surface area contributed by atoms with Crippen LogP contribution in [0.5, 0.6) is 0 Å². The molecule has 22 heavy (non-hydrogen) atoms. The molecule has 6 heteroatoms. The first-order chi connectivity index (χ1) is 10.4. The summed E-state index contributed by atoms with van der Waals surface area (Å²) in [6.07, 6.45) is 5.09. The highest BCUT2D eigenvalue weighted by atomic mass is 79.9. The monoisotopic (exact) mass is 366 g/mol. The van der Waals surface area contributed by atoms with Crippen molar-refractivity contribution in [3.05, 3.63) is 57.0 Å². The molecule has 0 aromatic carbocycles. The quantitative estimate of drug-likeness (QED) is 0.439. The minimum absolute atomic E-state index is 0.0722. The number of methoxy groups -OCH3 is 1. The van der Waals surface area contributed by atoms with E-state index in [0.29, 0.717) is 12.1 Å². The standard InChI is InChI=1S/C16H19BrN2O3/c1-5-11(2)6-7-13(10-12(3)17)19-15(20)9-8-14(18-19)16(21)22-4/h7-10H,2,5-6H2,1,3-4H3/b12-10+,13-7+. The van der Waals surface area contributed by atoms with Crippen molar-refractivity contribution < 1.29 is 9.53 Å². The van der Waals surface area contributed by atoms with Crippen LogP contribution >= 0.6 is 15.9 Å². The lowest BCUT2D eigenvalue weighted by atomic mass is 10.1. The van der Waals surface area contributed by atoms with Gasteiger partial charge in [-0.25, -0.2) is 4.79 Å². The van der Waals surface area contributed by atoms with Gasteiger partial charge in [0.2, 0.25) is 0 Å². The number of nitrogens with zero attached hydrogens (tertiary/aromatic N) is 2. The zero-order valence-corrected chi connectivity index (χ0v) is 14.5. The number of esters is 1. The predicted octanol–water partition coefficient (Wildman–Crippen LogP) is 3.53. The maximum atomic E-state index is 12.1. The van der Waals surface area contributed by atoms with Crippen LogP contribution in [0.4, 0.5) is 0 Å². The Hall–Kier alpha value is -1.95. The van der Waals surface area contributed by atoms with Gasteiger partial charge in [-0.15, -0.1) is 0 Å². The van der Waals surface area contributed by atoms with Gasteiger partial charge in [0, 0.05) is 6.07 Å². The SMILES string of the molecule is C=C(CC)C/C=C(\C=C(/C)Br)n1nc(C(=O)OC)ccc1=O. The average Bonchev–Trinajstić information content (AvgIpc) is 2.50. The summed E-state index contributed by atoms with van der Waals surface area (Å²) in [5.41, 5.74) is 1.35. The highest BCUT2D eigenvalue weighted by Crippen LogP contribution is 2.14. The van der Waals surface area contributed by atoms with E-state index in [9.17, 15) is 9.59 Å². The summed E-state index contributed by atoms with van der Waals surface area (Å²) in [7, 11) is 1.27. The second-order valence-corrected chi connectivity index (χ2v) is 5.88. The fourth-order valence-corrected chi connectivity index (χ4v) is 1.85. The van der Waals surface area contributed by atoms with Crippen LogP contribution in [-0.4, -0.2) is 22.9 Å². The number of allylic oxidation sites excluding steroid dienone is 5. The Bertz CT molecular complexity index is 683. The van der Waals surface area contributed by atoms with Gasteiger partial charge in [0.1, 0.15) is 0 Å². The van der Waals surface area contributed by atoms with Crippen LogP contribution in [0.25, 0.3) is 5.70 Å². The van der Waals surface area contributed by atoms with Crippen molar-refractivity contribution in [3.63, 3.8) is 0 Å². The van der Waals surface area contributed by atoms with Crippen LogP contribution in [0, 0.1) is 0 Å². The molecule has 1 rings (SSSR count). The molecule has 0 spiro atoms. The molecule has 1 aromatic rings. The van der Waals surface area contributed by atoms with Gasteiger partial charge < -0.3 is 4.74 Å². The lowest BCUT2D eigenvalue weighted by Crippen LogP contribution is -2.23. The lowest BCUT2D eigenvalue weighted by molar-refractivity contribution is 0.0592. The molecule has 0 radical (unpaired) electrons. The zero-order valence-electron chi connectivity index (χ0n) is 12.9. The van der Waals surface area contributed by atoms with E-state index in [1.54, 1.807) is 6.08 Å². The number of rotatable bonds is 6. The molecular weight excluding hydrogens is 348 g/mol. The van der Waals surface area contributed by atoms with Gasteiger partial charge in [-0.05, 0) is 36.4 Å². The van der Waals surface area contributed by atoms with Crippen molar-refractivity contribution in [2.75, 3.05) is 7.11 Å². The minimum atomic E-state index is -0.592. The van der Waals surface area contributed by atoms with E-state index in [1.165, 1.54) is 23.9 Å². The summed E-state index contributed by atoms with van der Waals surface area (Å²) in [5.74, 6) is -0.592. The largest absolute Gasteiger partial charge is 0.464 e. The number of hydrogen-bond acceptors (Lipinski definition) is 4. The Balaban J connectivity index is 3.36. The Labute approximate surface area is 138 Å². The number of hydrogen-bond donors (Lipinski definition) is 0. The molecule has 1 aromatic heterocycles. The van der Waals surface area contributed by atoms with Gasteiger partial charge >= 0.3 is 5.97 Å². The first-order valence-corrected chi connectivity index (χ1v) is 7.58. The third-order valence-corrected chi connectivity index (χ3v) is 3.11. The van der Waals surface area contributed by atoms with E-state index < -0.39 is 5.97 Å². The molecule has 0 bridgehead atoms. The topological polar surface area (TPSA) is 61.2 Å². The van der Waals surface area contributed by atoms with Gasteiger partial charge in [-0.3, -0.25) is 4.79 Å². The molecule has 0 unspecified atom stereocenters. The Morgan fingerprint density at radius 1 is 1.50 bits per heavy atom. The maximum Gasteiger partial charge on any atom is 0.358 e. The van der Waals surface area contributed by atoms with E-state index in [0.717, 1.165) is 16.5 Å². The zero-order chi connectivity index (χ0) is 16.7. The maximum absolute atomic E-state index is 12.1. The molecule has 0 atom stereocenters. The van der Waals surface area contributed by atoms with Gasteiger partial charge in [0.25, 0.3) is 5.56 Å². The van der Waals surface area contributed by atoms with E-state index in [-0.39, 0.29) is 11.3 Å². The van der Waals surface area contributed by atoms with Gasteiger partial charge in [-0.1, -0.05) is 41.1 Å². The summed E-state index contributed by atoms with van der Waals surface area (Å²) in [6, 6.07) is 2.64. The van der Waals surface area contributed by atoms with Crippen LogP contribution in [0.15, 0.2) is 45.7 Å². The van der Waals surface area contributed by atoms with Crippen LogP contribution in [-0.2, 0) is 4.74 Å². The second kappa shape index (κ2) is 8.48. The van der Waals surface area contributed by atoms with Crippen LogP contribution in [0.3, 0.4) is 0 Å². The summed E-state index contributed by atoms with van der Waals surface area (Å²) >= 11 is 3.35. The molecule has 0 aliphatic heterocycles. The summed E-state index contributed by atoms with van der Waals surface area (Å²) < 4.78 is 6.64. The van der Waals surface area contributed by atoms with Crippen LogP contribution in [0.1, 0.15) is 37.2 Å². The van der Waals surface area contributed by atoms with E-state index in [4.69, 9.17) is 0 Å². The highest BCUT2D eigenvalue weighted by Gasteiger charge is 2.11. The molecule has 0 saturated carbocycles. The second-order valence-electron chi connectivity index (χ2n) is 4.63. The first kappa shape index (κ1) is 18.1. The predicted molar refractivity (Wildman–Crippen MR) is 90.8 cm³/mol. The molecule has 1 heterocycles. The molecule has 0 aliphatic carbocycles. The Kier molecular flexibility index (Phi) is 6.98. The molecule has 5 nitrogen and oxygen atoms in total. The number of aromatic nitrogens is 2. The number of carbonyl (C=O) groups is 1. The molecular formula is C16H19BrN2O3. The molecule has 0 amide bonds. The summed E-state index contributed by atoms with van der Waals surface area (Å²) in [5, 5.41) is 4.07. The minimum Gasteiger partial charge on any atom is -0.464 e. The summed E-state index contributed by atoms with van der Waals surface area (Å²) in [4.78, 5) is 23.6. The highest BCUT2D eigenvalue weighted by molar-refractivity contribution is 9.11. The number of halogens is 1. The molecule has 0 N–H and O–H groups in total. The van der Waals surface area contributed by atoms with Crippen molar-refractivity contribution in [1.29, 1.82) is 0 Å². The van der Waals surface area contributed by atoms with Gasteiger partial charge in [-0.2, -0.15) is 9.78 Å². The lowest BCUT2D eigenvalue weighted by Gasteiger charge is -2.08. The van der Waals surface area contributed by atoms with Crippen molar-refractivity contribution in [2.24, 2.45) is 0 Å². The fourth-order valence-electron chi connectivity index (χ4n) is 1.61. The molecule has 0 aliphatic rings. The third kappa shape index (κ3) is 5.11. The van der Waals surface area contributed by atoms with Crippen molar-refractivity contribution >= 4 is 27.6 Å².